The Balaban J connectivity index is 2.20. The number of nitrogens with one attached hydrogen (secondary N) is 1. The maximum atomic E-state index is 12.6. The molecule has 0 bridgehead atoms. The Hall–Kier alpha value is -2.31. The van der Waals surface area contributed by atoms with Crippen molar-refractivity contribution in [1.29, 1.82) is 0 Å². The van der Waals surface area contributed by atoms with Crippen LogP contribution in [0.15, 0.2) is 30.3 Å². The second-order valence-electron chi connectivity index (χ2n) is 4.36. The summed E-state index contributed by atoms with van der Waals surface area (Å²) in [5, 5.41) is 6.07. The molecule has 0 saturated carbocycles. The zero-order valence-corrected chi connectivity index (χ0v) is 10.8. The van der Waals surface area contributed by atoms with E-state index in [-0.39, 0.29) is 5.69 Å². The van der Waals surface area contributed by atoms with Gasteiger partial charge in [0.15, 0.2) is 5.69 Å². The molecule has 0 spiro atoms. The van der Waals surface area contributed by atoms with Crippen LogP contribution in [0.5, 0.6) is 0 Å². The van der Waals surface area contributed by atoms with Gasteiger partial charge in [0, 0.05) is 18.8 Å². The van der Waals surface area contributed by atoms with E-state index in [9.17, 15) is 18.0 Å². The second-order valence-corrected chi connectivity index (χ2v) is 4.36. The first-order valence-electron chi connectivity index (χ1n) is 5.76. The number of aryl methyl sites for hydroxylation is 2. The van der Waals surface area contributed by atoms with Gasteiger partial charge in [0.05, 0.1) is 0 Å². The van der Waals surface area contributed by atoms with Gasteiger partial charge >= 0.3 is 6.18 Å². The van der Waals surface area contributed by atoms with E-state index in [1.165, 1.54) is 0 Å². The van der Waals surface area contributed by atoms with E-state index in [1.807, 2.05) is 6.92 Å². The highest BCUT2D eigenvalue weighted by molar-refractivity contribution is 6.02. The average Bonchev–Trinajstić information content (AvgIpc) is 2.74. The molecule has 4 nitrogen and oxygen atoms in total. The van der Waals surface area contributed by atoms with Crippen LogP contribution in [0.1, 0.15) is 21.7 Å². The van der Waals surface area contributed by atoms with E-state index in [2.05, 4.69) is 10.4 Å². The molecule has 0 aliphatic rings. The summed E-state index contributed by atoms with van der Waals surface area (Å²) in [7, 11) is 1.14. The van der Waals surface area contributed by atoms with Gasteiger partial charge in [-0.25, -0.2) is 0 Å². The molecule has 2 rings (SSSR count). The molecule has 0 atom stereocenters. The van der Waals surface area contributed by atoms with Crippen LogP contribution in [-0.2, 0) is 13.2 Å². The molecule has 1 heterocycles. The number of anilines is 1. The quantitative estimate of drug-likeness (QED) is 0.921. The number of rotatable bonds is 2. The largest absolute Gasteiger partial charge is 0.433 e. The molecule has 0 unspecified atom stereocenters. The van der Waals surface area contributed by atoms with Gasteiger partial charge in [-0.3, -0.25) is 9.48 Å². The first kappa shape index (κ1) is 14.1. The van der Waals surface area contributed by atoms with Crippen LogP contribution in [0.4, 0.5) is 18.9 Å². The number of carbonyl (C=O) groups is 1. The van der Waals surface area contributed by atoms with E-state index >= 15 is 0 Å². The second kappa shape index (κ2) is 4.99. The SMILES string of the molecule is Cc1ccc(NC(=O)c2cc(C(F)(F)F)n(C)n2)cc1. The lowest BCUT2D eigenvalue weighted by molar-refractivity contribution is -0.143. The standard InChI is InChI=1S/C13H12F3N3O/c1-8-3-5-9(6-4-8)17-12(20)10-7-11(13(14,15)16)19(2)18-10/h3-7H,1-2H3,(H,17,20). The fourth-order valence-corrected chi connectivity index (χ4v) is 1.68. The number of nitrogens with zero attached hydrogens (tertiary/aromatic N) is 2. The van der Waals surface area contributed by atoms with Gasteiger partial charge in [0.1, 0.15) is 5.69 Å². The number of carbonyl (C=O) groups excluding carboxylic acids is 1. The Morgan fingerprint density at radius 3 is 2.35 bits per heavy atom. The number of benzene rings is 1. The monoisotopic (exact) mass is 283 g/mol. The summed E-state index contributed by atoms with van der Waals surface area (Å²) in [5.41, 5.74) is 0.270. The Kier molecular flexibility index (Phi) is 3.52. The van der Waals surface area contributed by atoms with Crippen molar-refractivity contribution < 1.29 is 18.0 Å². The minimum atomic E-state index is -4.54. The molecular formula is C13H12F3N3O. The van der Waals surface area contributed by atoms with Crippen LogP contribution in [0.3, 0.4) is 0 Å². The fourth-order valence-electron chi connectivity index (χ4n) is 1.68. The Morgan fingerprint density at radius 1 is 1.25 bits per heavy atom. The van der Waals surface area contributed by atoms with E-state index in [4.69, 9.17) is 0 Å². The lowest BCUT2D eigenvalue weighted by Gasteiger charge is -2.04. The van der Waals surface area contributed by atoms with Gasteiger partial charge in [-0.1, -0.05) is 17.7 Å². The number of halogens is 3. The first-order valence-corrected chi connectivity index (χ1v) is 5.76. The highest BCUT2D eigenvalue weighted by Crippen LogP contribution is 2.29. The minimum absolute atomic E-state index is 0.277. The first-order chi connectivity index (χ1) is 9.27. The zero-order valence-electron chi connectivity index (χ0n) is 10.8. The number of alkyl halides is 3. The summed E-state index contributed by atoms with van der Waals surface area (Å²) >= 11 is 0. The van der Waals surface area contributed by atoms with Crippen molar-refractivity contribution in [3.8, 4) is 0 Å². The van der Waals surface area contributed by atoms with Crippen molar-refractivity contribution in [2.75, 3.05) is 5.32 Å². The van der Waals surface area contributed by atoms with Gasteiger partial charge < -0.3 is 5.32 Å². The van der Waals surface area contributed by atoms with Crippen LogP contribution in [-0.4, -0.2) is 15.7 Å². The lowest BCUT2D eigenvalue weighted by atomic mass is 10.2. The highest BCUT2D eigenvalue weighted by atomic mass is 19.4. The molecule has 2 aromatic rings. The third-order valence-electron chi connectivity index (χ3n) is 2.71. The molecule has 1 aromatic heterocycles. The normalized spacial score (nSPS) is 11.4. The summed E-state index contributed by atoms with van der Waals surface area (Å²) in [6.45, 7) is 1.89. The average molecular weight is 283 g/mol. The van der Waals surface area contributed by atoms with Gasteiger partial charge in [0.2, 0.25) is 0 Å². The van der Waals surface area contributed by atoms with Gasteiger partial charge in [0.25, 0.3) is 5.91 Å². The van der Waals surface area contributed by atoms with Crippen LogP contribution >= 0.6 is 0 Å². The van der Waals surface area contributed by atoms with Crippen molar-refractivity contribution in [3.05, 3.63) is 47.3 Å². The predicted molar refractivity (Wildman–Crippen MR) is 67.3 cm³/mol. The summed E-state index contributed by atoms with van der Waals surface area (Å²) < 4.78 is 38.5. The summed E-state index contributed by atoms with van der Waals surface area (Å²) in [4.78, 5) is 11.8. The van der Waals surface area contributed by atoms with Crippen LogP contribution in [0.2, 0.25) is 0 Å². The summed E-state index contributed by atoms with van der Waals surface area (Å²) in [6, 6.07) is 7.63. The van der Waals surface area contributed by atoms with E-state index in [0.717, 1.165) is 18.7 Å². The summed E-state index contributed by atoms with van der Waals surface area (Å²) in [6.07, 6.45) is -4.54. The van der Waals surface area contributed by atoms with E-state index in [1.54, 1.807) is 24.3 Å². The topological polar surface area (TPSA) is 46.9 Å². The van der Waals surface area contributed by atoms with Crippen LogP contribution in [0, 0.1) is 6.92 Å². The Bertz CT molecular complexity index is 629. The third kappa shape index (κ3) is 2.98. The van der Waals surface area contributed by atoms with E-state index in [0.29, 0.717) is 10.4 Å². The Morgan fingerprint density at radius 2 is 1.85 bits per heavy atom. The van der Waals surface area contributed by atoms with Crippen molar-refractivity contribution in [3.63, 3.8) is 0 Å². The molecule has 0 fully saturated rings. The number of amides is 1. The number of aromatic nitrogens is 2. The maximum absolute atomic E-state index is 12.6. The minimum Gasteiger partial charge on any atom is -0.321 e. The van der Waals surface area contributed by atoms with Crippen molar-refractivity contribution >= 4 is 11.6 Å². The molecule has 0 radical (unpaired) electrons. The smallest absolute Gasteiger partial charge is 0.321 e. The molecule has 20 heavy (non-hydrogen) atoms. The van der Waals surface area contributed by atoms with Gasteiger partial charge in [-0.15, -0.1) is 0 Å². The zero-order chi connectivity index (χ0) is 14.9. The Labute approximate surface area is 113 Å². The molecule has 7 heteroatoms. The lowest BCUT2D eigenvalue weighted by Crippen LogP contribution is -2.13. The van der Waals surface area contributed by atoms with Gasteiger partial charge in [-0.05, 0) is 19.1 Å². The van der Waals surface area contributed by atoms with Crippen molar-refractivity contribution in [2.45, 2.75) is 13.1 Å². The molecule has 0 aliphatic carbocycles. The predicted octanol–water partition coefficient (Wildman–Crippen LogP) is 3.00. The number of hydrogen-bond donors (Lipinski definition) is 1. The van der Waals surface area contributed by atoms with Crippen molar-refractivity contribution in [1.82, 2.24) is 9.78 Å². The molecule has 0 saturated heterocycles. The summed E-state index contributed by atoms with van der Waals surface area (Å²) in [5.74, 6) is -0.681. The van der Waals surface area contributed by atoms with Crippen molar-refractivity contribution in [2.24, 2.45) is 7.05 Å². The maximum Gasteiger partial charge on any atom is 0.433 e. The van der Waals surface area contributed by atoms with Crippen LogP contribution < -0.4 is 5.32 Å². The van der Waals surface area contributed by atoms with Crippen LogP contribution in [0.25, 0.3) is 0 Å². The molecule has 0 aliphatic heterocycles. The molecular weight excluding hydrogens is 271 g/mol. The van der Waals surface area contributed by atoms with E-state index < -0.39 is 17.8 Å². The fraction of sp³-hybridized carbons (Fsp3) is 0.231. The molecule has 106 valence electrons. The molecule has 1 N–H and O–H groups in total. The highest BCUT2D eigenvalue weighted by Gasteiger charge is 2.35. The number of hydrogen-bond acceptors (Lipinski definition) is 2. The third-order valence-corrected chi connectivity index (χ3v) is 2.71. The molecule has 1 aromatic carbocycles. The molecule has 1 amide bonds. The van der Waals surface area contributed by atoms with Gasteiger partial charge in [-0.2, -0.15) is 18.3 Å².